The van der Waals surface area contributed by atoms with Crippen LogP contribution in [0.3, 0.4) is 0 Å². The van der Waals surface area contributed by atoms with Crippen LogP contribution in [0.2, 0.25) is 0 Å². The lowest BCUT2D eigenvalue weighted by molar-refractivity contribution is 0.501. The molecule has 0 aliphatic carbocycles. The molecule has 0 bridgehead atoms. The highest BCUT2D eigenvalue weighted by atomic mass is 79.9. The Hall–Kier alpha value is -1.10. The summed E-state index contributed by atoms with van der Waals surface area (Å²) >= 11 is 3.09. The lowest BCUT2D eigenvalue weighted by Gasteiger charge is -1.87. The molecule has 2 aromatic heterocycles. The maximum atomic E-state index is 5.34. The Kier molecular flexibility index (Phi) is 1.95. The lowest BCUT2D eigenvalue weighted by Crippen LogP contribution is -1.76. The zero-order chi connectivity index (χ0) is 9.42. The number of aryl methyl sites for hydroxylation is 2. The highest BCUT2D eigenvalue weighted by Gasteiger charge is 2.13. The molecule has 0 atom stereocenters. The first-order valence-electron chi connectivity index (χ1n) is 3.73. The molecule has 0 radical (unpaired) electrons. The molecule has 0 aliphatic rings. The van der Waals surface area contributed by atoms with Crippen molar-refractivity contribution in [2.75, 3.05) is 0 Å². The number of hydrogen-bond donors (Lipinski definition) is 0. The molecule has 13 heavy (non-hydrogen) atoms. The summed E-state index contributed by atoms with van der Waals surface area (Å²) in [5.41, 5.74) is 0.843. The van der Waals surface area contributed by atoms with Crippen LogP contribution in [0.15, 0.2) is 19.7 Å². The quantitative estimate of drug-likeness (QED) is 0.772. The van der Waals surface area contributed by atoms with Crippen LogP contribution in [0.5, 0.6) is 0 Å². The van der Waals surface area contributed by atoms with Gasteiger partial charge in [-0.15, -0.1) is 10.2 Å². The van der Waals surface area contributed by atoms with Crippen molar-refractivity contribution in [3.63, 3.8) is 0 Å². The number of rotatable bonds is 1. The Balaban J connectivity index is 2.51. The Morgan fingerprint density at radius 2 is 2.00 bits per heavy atom. The summed E-state index contributed by atoms with van der Waals surface area (Å²) in [6.07, 6.45) is 0. The first-order chi connectivity index (χ1) is 6.16. The fourth-order valence-electron chi connectivity index (χ4n) is 1.16. The van der Waals surface area contributed by atoms with Crippen molar-refractivity contribution in [1.29, 1.82) is 0 Å². The molecule has 0 spiro atoms. The van der Waals surface area contributed by atoms with E-state index in [1.807, 2.05) is 19.9 Å². The minimum atomic E-state index is 0.376. The van der Waals surface area contributed by atoms with Crippen LogP contribution in [0.25, 0.3) is 11.5 Å². The number of hydrogen-bond acceptors (Lipinski definition) is 4. The molecule has 0 aliphatic heterocycles. The third-order valence-corrected chi connectivity index (χ3v) is 1.99. The van der Waals surface area contributed by atoms with E-state index in [1.54, 1.807) is 0 Å². The zero-order valence-electron chi connectivity index (χ0n) is 7.17. The summed E-state index contributed by atoms with van der Waals surface area (Å²) in [6.45, 7) is 3.74. The van der Waals surface area contributed by atoms with Crippen LogP contribution in [0.1, 0.15) is 11.5 Å². The van der Waals surface area contributed by atoms with Crippen molar-refractivity contribution in [2.45, 2.75) is 13.8 Å². The third-order valence-electron chi connectivity index (χ3n) is 1.67. The molecule has 0 saturated carbocycles. The highest BCUT2D eigenvalue weighted by Crippen LogP contribution is 2.26. The second-order valence-electron chi connectivity index (χ2n) is 2.69. The maximum Gasteiger partial charge on any atom is 0.285 e. The molecule has 0 fully saturated rings. The number of nitrogens with zero attached hydrogens (tertiary/aromatic N) is 2. The van der Waals surface area contributed by atoms with Crippen LogP contribution in [-0.4, -0.2) is 10.2 Å². The predicted molar refractivity (Wildman–Crippen MR) is 49.2 cm³/mol. The largest absolute Gasteiger partial charge is 0.466 e. The van der Waals surface area contributed by atoms with Gasteiger partial charge in [-0.05, 0) is 19.9 Å². The van der Waals surface area contributed by atoms with E-state index in [2.05, 4.69) is 26.1 Å². The summed E-state index contributed by atoms with van der Waals surface area (Å²) in [7, 11) is 0. The maximum absolute atomic E-state index is 5.34. The third kappa shape index (κ3) is 1.51. The van der Waals surface area contributed by atoms with E-state index in [9.17, 15) is 0 Å². The predicted octanol–water partition coefficient (Wildman–Crippen LogP) is 2.71. The molecule has 0 aromatic carbocycles. The zero-order valence-corrected chi connectivity index (χ0v) is 8.75. The first kappa shape index (κ1) is 8.50. The summed E-state index contributed by atoms with van der Waals surface area (Å²) < 4.78 is 10.5. The van der Waals surface area contributed by atoms with Gasteiger partial charge in [0.05, 0.1) is 5.56 Å². The summed E-state index contributed by atoms with van der Waals surface area (Å²) in [6, 6.07) is 1.87. The van der Waals surface area contributed by atoms with Crippen LogP contribution in [-0.2, 0) is 0 Å². The van der Waals surface area contributed by atoms with Gasteiger partial charge >= 0.3 is 0 Å². The van der Waals surface area contributed by atoms with E-state index in [0.29, 0.717) is 10.7 Å². The van der Waals surface area contributed by atoms with Crippen molar-refractivity contribution in [1.82, 2.24) is 10.2 Å². The Morgan fingerprint density at radius 1 is 1.23 bits per heavy atom. The fourth-order valence-corrected chi connectivity index (χ4v) is 1.39. The number of halogens is 1. The van der Waals surface area contributed by atoms with Crippen LogP contribution in [0.4, 0.5) is 0 Å². The fraction of sp³-hybridized carbons (Fsp3) is 0.250. The van der Waals surface area contributed by atoms with Gasteiger partial charge in [0.1, 0.15) is 11.5 Å². The number of furan rings is 1. The van der Waals surface area contributed by atoms with E-state index < -0.39 is 0 Å². The standard InChI is InChI=1S/C8H7BrN2O2/c1-4-3-6(5(2)12-4)7-10-11-8(9)13-7/h3H,1-2H3. The highest BCUT2D eigenvalue weighted by molar-refractivity contribution is 9.10. The van der Waals surface area contributed by atoms with Crippen LogP contribution < -0.4 is 0 Å². The van der Waals surface area contributed by atoms with Crippen LogP contribution >= 0.6 is 15.9 Å². The summed E-state index contributed by atoms with van der Waals surface area (Å²) in [5, 5.41) is 7.54. The Labute approximate surface area is 83.1 Å². The van der Waals surface area contributed by atoms with Crippen LogP contribution in [0, 0.1) is 13.8 Å². The molecule has 2 heterocycles. The van der Waals surface area contributed by atoms with Crippen molar-refractivity contribution < 1.29 is 8.83 Å². The average Bonchev–Trinajstić information content (AvgIpc) is 2.58. The molecule has 2 aromatic rings. The van der Waals surface area contributed by atoms with E-state index in [0.717, 1.165) is 17.1 Å². The van der Waals surface area contributed by atoms with Crippen molar-refractivity contribution in [2.24, 2.45) is 0 Å². The molecule has 0 N–H and O–H groups in total. The van der Waals surface area contributed by atoms with E-state index >= 15 is 0 Å². The van der Waals surface area contributed by atoms with Gasteiger partial charge in [-0.1, -0.05) is 0 Å². The van der Waals surface area contributed by atoms with Crippen molar-refractivity contribution >= 4 is 15.9 Å². The smallest absolute Gasteiger partial charge is 0.285 e. The molecule has 68 valence electrons. The molecule has 0 saturated heterocycles. The van der Waals surface area contributed by atoms with Gasteiger partial charge in [-0.25, -0.2) is 0 Å². The molecule has 0 amide bonds. The van der Waals surface area contributed by atoms with Gasteiger partial charge in [0.25, 0.3) is 10.7 Å². The van der Waals surface area contributed by atoms with Gasteiger partial charge < -0.3 is 8.83 Å². The minimum absolute atomic E-state index is 0.376. The number of aromatic nitrogens is 2. The van der Waals surface area contributed by atoms with E-state index in [-0.39, 0.29) is 0 Å². The molecular formula is C8H7BrN2O2. The van der Waals surface area contributed by atoms with Gasteiger partial charge in [0.15, 0.2) is 0 Å². The Bertz CT molecular complexity index is 433. The molecule has 2 rings (SSSR count). The van der Waals surface area contributed by atoms with E-state index in [4.69, 9.17) is 8.83 Å². The molecule has 5 heteroatoms. The second-order valence-corrected chi connectivity index (χ2v) is 3.37. The van der Waals surface area contributed by atoms with Crippen molar-refractivity contribution in [3.05, 3.63) is 22.4 Å². The monoisotopic (exact) mass is 242 g/mol. The average molecular weight is 243 g/mol. The summed E-state index contributed by atoms with van der Waals surface area (Å²) in [5.74, 6) is 2.09. The molecular weight excluding hydrogens is 236 g/mol. The summed E-state index contributed by atoms with van der Waals surface area (Å²) in [4.78, 5) is 0.376. The molecule has 4 nitrogen and oxygen atoms in total. The Morgan fingerprint density at radius 3 is 2.46 bits per heavy atom. The molecule has 0 unspecified atom stereocenters. The minimum Gasteiger partial charge on any atom is -0.466 e. The van der Waals surface area contributed by atoms with Gasteiger partial charge in [0.2, 0.25) is 0 Å². The second kappa shape index (κ2) is 2.99. The first-order valence-corrected chi connectivity index (χ1v) is 4.52. The SMILES string of the molecule is Cc1cc(-c2nnc(Br)o2)c(C)o1. The topological polar surface area (TPSA) is 52.1 Å². The van der Waals surface area contributed by atoms with Gasteiger partial charge in [0, 0.05) is 15.9 Å². The van der Waals surface area contributed by atoms with Gasteiger partial charge in [-0.2, -0.15) is 0 Å². The van der Waals surface area contributed by atoms with Crippen molar-refractivity contribution in [3.8, 4) is 11.5 Å². The lowest BCUT2D eigenvalue weighted by atomic mass is 10.2. The normalized spacial score (nSPS) is 10.7. The van der Waals surface area contributed by atoms with Gasteiger partial charge in [-0.3, -0.25) is 0 Å². The van der Waals surface area contributed by atoms with E-state index in [1.165, 1.54) is 0 Å².